The van der Waals surface area contributed by atoms with Crippen molar-refractivity contribution in [1.82, 2.24) is 15.2 Å². The van der Waals surface area contributed by atoms with Crippen LogP contribution in [-0.4, -0.2) is 36.0 Å². The van der Waals surface area contributed by atoms with Crippen LogP contribution in [0.25, 0.3) is 22.0 Å². The highest BCUT2D eigenvalue weighted by atomic mass is 32.1. The molecule has 5 nitrogen and oxygen atoms in total. The molecule has 9 heteroatoms. The van der Waals surface area contributed by atoms with E-state index >= 15 is 0 Å². The first kappa shape index (κ1) is 25.5. The van der Waals surface area contributed by atoms with Crippen molar-refractivity contribution < 1.29 is 13.2 Å². The highest BCUT2D eigenvalue weighted by Crippen LogP contribution is 2.33. The van der Waals surface area contributed by atoms with E-state index in [1.165, 1.54) is 0 Å². The summed E-state index contributed by atoms with van der Waals surface area (Å²) in [4.78, 5) is 4.25. The van der Waals surface area contributed by atoms with Crippen LogP contribution < -0.4 is 16.4 Å². The fourth-order valence-corrected chi connectivity index (χ4v) is 3.93. The summed E-state index contributed by atoms with van der Waals surface area (Å²) in [6.07, 6.45) is -1.32. The van der Waals surface area contributed by atoms with E-state index in [-0.39, 0.29) is 13.0 Å². The fraction of sp³-hybridized carbons (Fsp3) is 0.280. The first-order chi connectivity index (χ1) is 16.2. The molecule has 3 rings (SSSR count). The second-order valence-corrected chi connectivity index (χ2v) is 8.38. The Morgan fingerprint density at radius 3 is 2.71 bits per heavy atom. The van der Waals surface area contributed by atoms with Gasteiger partial charge in [0, 0.05) is 67.5 Å². The lowest BCUT2D eigenvalue weighted by Crippen LogP contribution is -2.17. The van der Waals surface area contributed by atoms with Gasteiger partial charge in [-0.2, -0.15) is 13.2 Å². The monoisotopic (exact) mass is 487 g/mol. The Kier molecular flexibility index (Phi) is 8.46. The van der Waals surface area contributed by atoms with Gasteiger partial charge in [-0.25, -0.2) is 0 Å². The minimum Gasteiger partial charge on any atom is -0.392 e. The van der Waals surface area contributed by atoms with Crippen LogP contribution >= 0.6 is 12.2 Å². The summed E-state index contributed by atoms with van der Waals surface area (Å²) in [5, 5.41) is 7.20. The van der Waals surface area contributed by atoms with Crippen LogP contribution in [0.5, 0.6) is 0 Å². The Labute approximate surface area is 202 Å². The van der Waals surface area contributed by atoms with E-state index in [9.17, 15) is 13.2 Å². The van der Waals surface area contributed by atoms with Crippen molar-refractivity contribution in [1.29, 1.82) is 0 Å². The molecule has 1 aromatic heterocycles. The molecule has 3 aromatic rings. The number of nitrogens with zero attached hydrogens (tertiary/aromatic N) is 2. The van der Waals surface area contributed by atoms with Gasteiger partial charge in [0.25, 0.3) is 0 Å². The zero-order valence-electron chi connectivity index (χ0n) is 19.0. The van der Waals surface area contributed by atoms with E-state index in [1.54, 1.807) is 13.2 Å². The average Bonchev–Trinajstić information content (AvgIpc) is 3.15. The van der Waals surface area contributed by atoms with E-state index in [0.717, 1.165) is 38.9 Å². The molecule has 0 aliphatic rings. The normalized spacial score (nSPS) is 12.2. The lowest BCUT2D eigenvalue weighted by atomic mass is 10.0. The molecule has 0 unspecified atom stereocenters. The highest BCUT2D eigenvalue weighted by Gasteiger charge is 2.26. The molecule has 0 amide bonds. The lowest BCUT2D eigenvalue weighted by Gasteiger charge is -2.09. The van der Waals surface area contributed by atoms with Crippen molar-refractivity contribution in [3.05, 3.63) is 71.7 Å². The number of rotatable bonds is 11. The van der Waals surface area contributed by atoms with E-state index < -0.39 is 12.6 Å². The van der Waals surface area contributed by atoms with E-state index in [1.807, 2.05) is 53.2 Å². The summed E-state index contributed by atoms with van der Waals surface area (Å²) < 4.78 is 40.2. The van der Waals surface area contributed by atoms with Gasteiger partial charge >= 0.3 is 6.18 Å². The van der Waals surface area contributed by atoms with Crippen molar-refractivity contribution in [3.8, 4) is 11.1 Å². The van der Waals surface area contributed by atoms with Crippen molar-refractivity contribution >= 4 is 34.8 Å². The number of thiocarbonyl (C=S) groups is 1. The summed E-state index contributed by atoms with van der Waals surface area (Å²) in [6.45, 7) is 4.93. The topological polar surface area (TPSA) is 67.4 Å². The second kappa shape index (κ2) is 11.3. The molecule has 0 atom stereocenters. The van der Waals surface area contributed by atoms with Crippen molar-refractivity contribution in [3.63, 3.8) is 0 Å². The van der Waals surface area contributed by atoms with Crippen LogP contribution in [0, 0.1) is 0 Å². The largest absolute Gasteiger partial charge is 0.392 e. The van der Waals surface area contributed by atoms with Gasteiger partial charge in [-0.05, 0) is 36.4 Å². The van der Waals surface area contributed by atoms with Gasteiger partial charge in [0.1, 0.15) is 4.99 Å². The number of benzene rings is 2. The number of hydrogen-bond acceptors (Lipinski definition) is 4. The summed E-state index contributed by atoms with van der Waals surface area (Å²) in [6, 6.07) is 13.6. The number of hydrogen-bond donors (Lipinski definition) is 3. The summed E-state index contributed by atoms with van der Waals surface area (Å²) >= 11 is 5.11. The molecular formula is C25H28F3N5S. The summed E-state index contributed by atoms with van der Waals surface area (Å²) in [5.74, 6) is 0. The molecule has 0 spiro atoms. The molecule has 0 aliphatic carbocycles. The van der Waals surface area contributed by atoms with Crippen LogP contribution in [-0.2, 0) is 13.1 Å². The molecule has 0 saturated heterocycles. The number of fused-ring (bicyclic) bond motifs is 1. The van der Waals surface area contributed by atoms with Crippen LogP contribution in [0.2, 0.25) is 0 Å². The smallest absolute Gasteiger partial charge is 0.389 e. The SMILES string of the molecule is C=N/C(=C\NC)CNCc1ccc2c(-c3cccc(C(N)=S)c3)cn(CCCC(F)(F)F)c2c1. The average molecular weight is 488 g/mol. The minimum atomic E-state index is -4.18. The zero-order valence-corrected chi connectivity index (χ0v) is 19.8. The molecule has 0 fully saturated rings. The Hall–Kier alpha value is -3.17. The van der Waals surface area contributed by atoms with Crippen molar-refractivity contribution in [2.24, 2.45) is 10.7 Å². The Balaban J connectivity index is 1.93. The maximum Gasteiger partial charge on any atom is 0.389 e. The molecule has 180 valence electrons. The number of aryl methyl sites for hydroxylation is 1. The van der Waals surface area contributed by atoms with Gasteiger partial charge in [-0.3, -0.25) is 4.99 Å². The standard InChI is InChI=1S/C25H28F3N5S/c1-30-14-20(31-2)15-32-13-17-7-8-21-22(18-5-3-6-19(12-18)24(29)34)16-33(23(21)11-17)10-4-9-25(26,27)28/h3,5-8,11-12,14,16,30,32H,2,4,9-10,13,15H2,1H3,(H2,29,34)/b20-14-. The van der Waals surface area contributed by atoms with Gasteiger partial charge in [-0.1, -0.05) is 42.5 Å². The summed E-state index contributed by atoms with van der Waals surface area (Å²) in [7, 11) is 1.79. The number of nitrogens with two attached hydrogens (primary N) is 1. The van der Waals surface area contributed by atoms with Gasteiger partial charge in [-0.15, -0.1) is 0 Å². The number of nitrogens with one attached hydrogen (secondary N) is 2. The van der Waals surface area contributed by atoms with Gasteiger partial charge in [0.05, 0.1) is 5.70 Å². The van der Waals surface area contributed by atoms with Gasteiger partial charge in [0.15, 0.2) is 0 Å². The van der Waals surface area contributed by atoms with Crippen molar-refractivity contribution in [2.75, 3.05) is 13.6 Å². The fourth-order valence-electron chi connectivity index (χ4n) is 3.81. The molecule has 4 N–H and O–H groups in total. The Bertz CT molecular complexity index is 1200. The number of halogens is 3. The quantitative estimate of drug-likeness (QED) is 0.259. The van der Waals surface area contributed by atoms with Crippen LogP contribution in [0.15, 0.2) is 65.6 Å². The number of alkyl halides is 3. The van der Waals surface area contributed by atoms with Crippen LogP contribution in [0.1, 0.15) is 24.0 Å². The second-order valence-electron chi connectivity index (χ2n) is 7.94. The molecule has 1 heterocycles. The first-order valence-electron chi connectivity index (χ1n) is 10.8. The molecular weight excluding hydrogens is 459 g/mol. The Morgan fingerprint density at radius 2 is 2.03 bits per heavy atom. The van der Waals surface area contributed by atoms with E-state index in [0.29, 0.717) is 18.1 Å². The molecule has 34 heavy (non-hydrogen) atoms. The Morgan fingerprint density at radius 1 is 1.24 bits per heavy atom. The maximum absolute atomic E-state index is 12.8. The van der Waals surface area contributed by atoms with E-state index in [4.69, 9.17) is 18.0 Å². The van der Waals surface area contributed by atoms with Gasteiger partial charge < -0.3 is 20.9 Å². The molecule has 0 bridgehead atoms. The lowest BCUT2D eigenvalue weighted by molar-refractivity contribution is -0.135. The van der Waals surface area contributed by atoms with Gasteiger partial charge in [0.2, 0.25) is 0 Å². The molecule has 2 aromatic carbocycles. The van der Waals surface area contributed by atoms with Crippen molar-refractivity contribution in [2.45, 2.75) is 32.1 Å². The predicted molar refractivity (Wildman–Crippen MR) is 137 cm³/mol. The summed E-state index contributed by atoms with van der Waals surface area (Å²) in [5.41, 5.74) is 11.0. The maximum atomic E-state index is 12.8. The number of aliphatic imine (C=N–C) groups is 1. The van der Waals surface area contributed by atoms with Crippen LogP contribution in [0.4, 0.5) is 13.2 Å². The zero-order chi connectivity index (χ0) is 24.7. The predicted octanol–water partition coefficient (Wildman–Crippen LogP) is 5.14. The van der Waals surface area contributed by atoms with Crippen LogP contribution in [0.3, 0.4) is 0 Å². The van der Waals surface area contributed by atoms with E-state index in [2.05, 4.69) is 22.3 Å². The molecule has 0 radical (unpaired) electrons. The number of aromatic nitrogens is 1. The third-order valence-electron chi connectivity index (χ3n) is 5.41. The molecule has 0 saturated carbocycles. The molecule has 0 aliphatic heterocycles. The minimum absolute atomic E-state index is 0.00526. The third kappa shape index (κ3) is 6.68. The highest BCUT2D eigenvalue weighted by molar-refractivity contribution is 7.80. The third-order valence-corrected chi connectivity index (χ3v) is 5.65. The first-order valence-corrected chi connectivity index (χ1v) is 11.2.